The van der Waals surface area contributed by atoms with Crippen LogP contribution in [0.5, 0.6) is 0 Å². The van der Waals surface area contributed by atoms with Crippen molar-refractivity contribution < 1.29 is 13.9 Å². The molecule has 110 valence electrons. The molecule has 1 unspecified atom stereocenters. The molecule has 1 heterocycles. The van der Waals surface area contributed by atoms with Crippen molar-refractivity contribution in [1.29, 1.82) is 0 Å². The zero-order valence-corrected chi connectivity index (χ0v) is 12.0. The van der Waals surface area contributed by atoms with E-state index in [1.807, 2.05) is 30.3 Å². The number of rotatable bonds is 5. The fourth-order valence-electron chi connectivity index (χ4n) is 2.06. The van der Waals surface area contributed by atoms with Crippen LogP contribution in [0.4, 0.5) is 4.39 Å². The monoisotopic (exact) mass is 288 g/mol. The summed E-state index contributed by atoms with van der Waals surface area (Å²) in [6.07, 6.45) is 2.55. The van der Waals surface area contributed by atoms with Crippen LogP contribution in [0.2, 0.25) is 0 Å². The predicted molar refractivity (Wildman–Crippen MR) is 76.8 cm³/mol. The Labute approximate surface area is 123 Å². The Hall–Kier alpha value is -2.27. The Bertz CT molecular complexity index is 619. The molecule has 0 aliphatic carbocycles. The minimum Gasteiger partial charge on any atom is -0.467 e. The molecule has 4 nitrogen and oxygen atoms in total. The highest BCUT2D eigenvalue weighted by Gasteiger charge is 2.36. The van der Waals surface area contributed by atoms with Gasteiger partial charge in [0, 0.05) is 18.3 Å². The summed E-state index contributed by atoms with van der Waals surface area (Å²) in [4.78, 5) is 15.9. The van der Waals surface area contributed by atoms with E-state index in [-0.39, 0.29) is 0 Å². The Kier molecular flexibility index (Phi) is 4.65. The molecule has 0 bridgehead atoms. The number of hydrogen-bond donors (Lipinski definition) is 1. The van der Waals surface area contributed by atoms with Crippen LogP contribution < -0.4 is 5.32 Å². The molecule has 1 atom stereocenters. The van der Waals surface area contributed by atoms with Gasteiger partial charge in [0.2, 0.25) is 0 Å². The maximum atomic E-state index is 13.4. The Morgan fingerprint density at radius 3 is 2.67 bits per heavy atom. The molecule has 5 heteroatoms. The summed E-state index contributed by atoms with van der Waals surface area (Å²) in [6, 6.07) is 10.9. The van der Waals surface area contributed by atoms with Crippen LogP contribution >= 0.6 is 0 Å². The van der Waals surface area contributed by atoms with Gasteiger partial charge in [-0.25, -0.2) is 9.18 Å². The smallest absolute Gasteiger partial charge is 0.330 e. The van der Waals surface area contributed by atoms with Gasteiger partial charge in [0.15, 0.2) is 0 Å². The molecule has 0 aliphatic rings. The van der Waals surface area contributed by atoms with Gasteiger partial charge in [0.05, 0.1) is 13.3 Å². The summed E-state index contributed by atoms with van der Waals surface area (Å²) in [5.41, 5.74) is 0.266. The predicted octanol–water partition coefficient (Wildman–Crippen LogP) is 2.40. The van der Waals surface area contributed by atoms with E-state index in [4.69, 9.17) is 4.74 Å². The van der Waals surface area contributed by atoms with Crippen molar-refractivity contribution in [2.24, 2.45) is 0 Å². The molecule has 0 saturated carbocycles. The SMILES string of the molecule is COC(=O)C(C)(NCc1ccccc1)c1cncc(F)c1. The Balaban J connectivity index is 2.27. The lowest BCUT2D eigenvalue weighted by Gasteiger charge is -2.28. The van der Waals surface area contributed by atoms with Crippen LogP contribution in [0, 0.1) is 5.82 Å². The van der Waals surface area contributed by atoms with E-state index < -0.39 is 17.3 Å². The van der Waals surface area contributed by atoms with Crippen LogP contribution in [-0.4, -0.2) is 18.1 Å². The molecule has 21 heavy (non-hydrogen) atoms. The average Bonchev–Trinajstić information content (AvgIpc) is 2.52. The van der Waals surface area contributed by atoms with Crippen molar-refractivity contribution in [3.63, 3.8) is 0 Å². The van der Waals surface area contributed by atoms with Crippen LogP contribution in [0.3, 0.4) is 0 Å². The van der Waals surface area contributed by atoms with Crippen molar-refractivity contribution in [3.05, 3.63) is 65.7 Å². The number of methoxy groups -OCH3 is 1. The first-order valence-corrected chi connectivity index (χ1v) is 6.54. The van der Waals surface area contributed by atoms with E-state index in [9.17, 15) is 9.18 Å². The molecule has 1 aromatic heterocycles. The third-order valence-electron chi connectivity index (χ3n) is 3.36. The average molecular weight is 288 g/mol. The third-order valence-corrected chi connectivity index (χ3v) is 3.36. The third kappa shape index (κ3) is 3.44. The summed E-state index contributed by atoms with van der Waals surface area (Å²) >= 11 is 0. The maximum Gasteiger partial charge on any atom is 0.330 e. The van der Waals surface area contributed by atoms with Crippen LogP contribution in [0.1, 0.15) is 18.1 Å². The van der Waals surface area contributed by atoms with Crippen LogP contribution in [0.15, 0.2) is 48.8 Å². The summed E-state index contributed by atoms with van der Waals surface area (Å²) in [5.74, 6) is -0.991. The van der Waals surface area contributed by atoms with E-state index in [0.29, 0.717) is 12.1 Å². The highest BCUT2D eigenvalue weighted by Crippen LogP contribution is 2.23. The first-order valence-electron chi connectivity index (χ1n) is 6.54. The Morgan fingerprint density at radius 2 is 2.05 bits per heavy atom. The highest BCUT2D eigenvalue weighted by atomic mass is 19.1. The number of aromatic nitrogens is 1. The van der Waals surface area contributed by atoms with E-state index in [2.05, 4.69) is 10.3 Å². The molecule has 2 aromatic rings. The lowest BCUT2D eigenvalue weighted by molar-refractivity contribution is -0.148. The lowest BCUT2D eigenvalue weighted by atomic mass is 9.93. The maximum absolute atomic E-state index is 13.4. The van der Waals surface area contributed by atoms with Gasteiger partial charge in [-0.05, 0) is 18.6 Å². The second kappa shape index (κ2) is 6.45. The van der Waals surface area contributed by atoms with Crippen LogP contribution in [-0.2, 0) is 21.6 Å². The largest absolute Gasteiger partial charge is 0.467 e. The topological polar surface area (TPSA) is 51.2 Å². The Morgan fingerprint density at radius 1 is 1.33 bits per heavy atom. The number of esters is 1. The molecule has 0 amide bonds. The van der Waals surface area contributed by atoms with Gasteiger partial charge in [-0.3, -0.25) is 10.3 Å². The molecular weight excluding hydrogens is 271 g/mol. The molecular formula is C16H17FN2O2. The summed E-state index contributed by atoms with van der Waals surface area (Å²) < 4.78 is 18.2. The number of hydrogen-bond acceptors (Lipinski definition) is 4. The molecule has 0 fully saturated rings. The first-order chi connectivity index (χ1) is 10.1. The zero-order chi connectivity index (χ0) is 15.3. The van der Waals surface area contributed by atoms with Crippen molar-refractivity contribution in [1.82, 2.24) is 10.3 Å². The van der Waals surface area contributed by atoms with Gasteiger partial charge < -0.3 is 4.74 Å². The fraction of sp³-hybridized carbons (Fsp3) is 0.250. The van der Waals surface area contributed by atoms with Crippen molar-refractivity contribution in [3.8, 4) is 0 Å². The number of nitrogens with zero attached hydrogens (tertiary/aromatic N) is 1. The molecule has 2 rings (SSSR count). The van der Waals surface area contributed by atoms with Gasteiger partial charge in [0.25, 0.3) is 0 Å². The van der Waals surface area contributed by atoms with Crippen molar-refractivity contribution in [2.75, 3.05) is 7.11 Å². The quantitative estimate of drug-likeness (QED) is 0.858. The van der Waals surface area contributed by atoms with E-state index in [1.165, 1.54) is 19.4 Å². The van der Waals surface area contributed by atoms with Crippen molar-refractivity contribution in [2.45, 2.75) is 19.0 Å². The van der Waals surface area contributed by atoms with E-state index in [0.717, 1.165) is 11.8 Å². The first kappa shape index (κ1) is 15.1. The van der Waals surface area contributed by atoms with Crippen molar-refractivity contribution >= 4 is 5.97 Å². The van der Waals surface area contributed by atoms with E-state index in [1.54, 1.807) is 6.92 Å². The van der Waals surface area contributed by atoms with Gasteiger partial charge in [-0.15, -0.1) is 0 Å². The minimum absolute atomic E-state index is 0.422. The molecule has 0 saturated heterocycles. The summed E-state index contributed by atoms with van der Waals surface area (Å²) in [7, 11) is 1.30. The number of nitrogens with one attached hydrogen (secondary N) is 1. The molecule has 0 spiro atoms. The van der Waals surface area contributed by atoms with E-state index >= 15 is 0 Å². The normalized spacial score (nSPS) is 13.5. The molecule has 0 radical (unpaired) electrons. The number of benzene rings is 1. The summed E-state index contributed by atoms with van der Waals surface area (Å²) in [6.45, 7) is 2.10. The zero-order valence-electron chi connectivity index (χ0n) is 12.0. The number of carbonyl (C=O) groups is 1. The van der Waals surface area contributed by atoms with Gasteiger partial charge >= 0.3 is 5.97 Å². The molecule has 0 aliphatic heterocycles. The van der Waals surface area contributed by atoms with Crippen LogP contribution in [0.25, 0.3) is 0 Å². The van der Waals surface area contributed by atoms with Gasteiger partial charge in [-0.2, -0.15) is 0 Å². The fourth-order valence-corrected chi connectivity index (χ4v) is 2.06. The van der Waals surface area contributed by atoms with Gasteiger partial charge in [-0.1, -0.05) is 30.3 Å². The number of halogens is 1. The number of ether oxygens (including phenoxy) is 1. The second-order valence-corrected chi connectivity index (χ2v) is 4.85. The molecule has 1 aromatic carbocycles. The number of carbonyl (C=O) groups excluding carboxylic acids is 1. The standard InChI is InChI=1S/C16H17FN2O2/c1-16(15(20)21-2,13-8-14(17)11-18-10-13)19-9-12-6-4-3-5-7-12/h3-8,10-11,19H,9H2,1-2H3. The highest BCUT2D eigenvalue weighted by molar-refractivity contribution is 5.82. The molecule has 1 N–H and O–H groups in total. The summed E-state index contributed by atoms with van der Waals surface area (Å²) in [5, 5.41) is 3.13. The lowest BCUT2D eigenvalue weighted by Crippen LogP contribution is -2.47. The second-order valence-electron chi connectivity index (χ2n) is 4.85. The number of pyridine rings is 1. The minimum atomic E-state index is -1.17. The van der Waals surface area contributed by atoms with Gasteiger partial charge in [0.1, 0.15) is 11.4 Å².